The second-order valence-electron chi connectivity index (χ2n) is 3.61. The van der Waals surface area contributed by atoms with Crippen LogP contribution < -0.4 is 4.74 Å². The molecule has 1 N–H and O–H groups in total. The third kappa shape index (κ3) is 2.89. The lowest BCUT2D eigenvalue weighted by molar-refractivity contribution is 0.0655. The molecule has 0 aliphatic carbocycles. The molecule has 0 aromatic carbocycles. The van der Waals surface area contributed by atoms with Crippen molar-refractivity contribution in [3.8, 4) is 5.75 Å². The summed E-state index contributed by atoms with van der Waals surface area (Å²) in [6, 6.07) is 4.75. The monoisotopic (exact) mass is 311 g/mol. The van der Waals surface area contributed by atoms with Gasteiger partial charge in [-0.1, -0.05) is 0 Å². The van der Waals surface area contributed by atoms with Crippen molar-refractivity contribution >= 4 is 21.9 Å². The van der Waals surface area contributed by atoms with Crippen molar-refractivity contribution in [3.05, 3.63) is 46.6 Å². The van der Waals surface area contributed by atoms with Gasteiger partial charge in [0.1, 0.15) is 11.5 Å². The van der Waals surface area contributed by atoms with E-state index in [2.05, 4.69) is 20.9 Å². The van der Waals surface area contributed by atoms with Gasteiger partial charge in [-0.25, -0.2) is 4.79 Å². The molecule has 0 aliphatic heterocycles. The normalized spacial score (nSPS) is 12.1. The molecule has 0 bridgehead atoms. The number of halogens is 1. The molecule has 1 unspecified atom stereocenters. The van der Waals surface area contributed by atoms with Gasteiger partial charge in [0.05, 0.1) is 6.20 Å². The quantitative estimate of drug-likeness (QED) is 0.938. The molecule has 2 aromatic heterocycles. The first-order valence-corrected chi connectivity index (χ1v) is 5.96. The van der Waals surface area contributed by atoms with Crippen LogP contribution in [0.25, 0.3) is 0 Å². The van der Waals surface area contributed by atoms with Crippen LogP contribution in [0.3, 0.4) is 0 Å². The lowest BCUT2D eigenvalue weighted by Gasteiger charge is -2.11. The van der Waals surface area contributed by atoms with E-state index in [1.807, 2.05) is 0 Å². The number of furan rings is 1. The third-order valence-corrected chi connectivity index (χ3v) is 2.66. The number of carboxylic acid groups (broad SMARTS) is 1. The third-order valence-electron chi connectivity index (χ3n) is 2.23. The summed E-state index contributed by atoms with van der Waals surface area (Å²) in [7, 11) is 0. The van der Waals surface area contributed by atoms with Crippen molar-refractivity contribution in [1.82, 2.24) is 4.98 Å². The number of ether oxygens (including phenoxy) is 1. The molecule has 2 heterocycles. The summed E-state index contributed by atoms with van der Waals surface area (Å²) >= 11 is 3.29. The maximum atomic E-state index is 10.7. The average Bonchev–Trinajstić information content (AvgIpc) is 2.78. The molecule has 94 valence electrons. The number of carboxylic acids is 1. The van der Waals surface area contributed by atoms with Gasteiger partial charge in [0.15, 0.2) is 6.10 Å². The summed E-state index contributed by atoms with van der Waals surface area (Å²) in [5.74, 6) is -0.178. The summed E-state index contributed by atoms with van der Waals surface area (Å²) in [5.41, 5.74) is 0. The van der Waals surface area contributed by atoms with Crippen molar-refractivity contribution in [2.45, 2.75) is 13.0 Å². The van der Waals surface area contributed by atoms with E-state index in [1.54, 1.807) is 31.5 Å². The highest BCUT2D eigenvalue weighted by atomic mass is 79.9. The van der Waals surface area contributed by atoms with E-state index >= 15 is 0 Å². The molecule has 18 heavy (non-hydrogen) atoms. The maximum absolute atomic E-state index is 10.7. The van der Waals surface area contributed by atoms with Crippen LogP contribution in [0.2, 0.25) is 0 Å². The van der Waals surface area contributed by atoms with Crippen LogP contribution >= 0.6 is 15.9 Å². The largest absolute Gasteiger partial charge is 0.481 e. The van der Waals surface area contributed by atoms with Gasteiger partial charge >= 0.3 is 5.97 Å². The van der Waals surface area contributed by atoms with E-state index in [4.69, 9.17) is 14.3 Å². The first kappa shape index (κ1) is 12.6. The highest BCUT2D eigenvalue weighted by Crippen LogP contribution is 2.24. The Bertz CT molecular complexity index is 567. The molecular formula is C12H10BrNO4. The lowest BCUT2D eigenvalue weighted by atomic mass is 10.3. The molecule has 2 rings (SSSR count). The zero-order chi connectivity index (χ0) is 13.1. The van der Waals surface area contributed by atoms with Gasteiger partial charge in [-0.3, -0.25) is 4.98 Å². The molecule has 5 nitrogen and oxygen atoms in total. The Morgan fingerprint density at radius 1 is 1.50 bits per heavy atom. The molecule has 0 fully saturated rings. The number of carbonyl (C=O) groups is 1. The highest BCUT2D eigenvalue weighted by Gasteiger charge is 2.15. The SMILES string of the molecule is CC(Oc1cncc(Br)c1)c1ccc(C(=O)O)o1. The van der Waals surface area contributed by atoms with Gasteiger partial charge in [0.25, 0.3) is 0 Å². The van der Waals surface area contributed by atoms with Crippen molar-refractivity contribution in [2.75, 3.05) is 0 Å². The second-order valence-corrected chi connectivity index (χ2v) is 4.52. The van der Waals surface area contributed by atoms with E-state index in [-0.39, 0.29) is 5.76 Å². The average molecular weight is 312 g/mol. The Labute approximate surface area is 112 Å². The van der Waals surface area contributed by atoms with Crippen LogP contribution in [-0.4, -0.2) is 16.1 Å². The molecule has 0 amide bonds. The fourth-order valence-corrected chi connectivity index (χ4v) is 1.75. The molecule has 0 aliphatic rings. The second kappa shape index (κ2) is 5.22. The van der Waals surface area contributed by atoms with Crippen molar-refractivity contribution < 1.29 is 19.1 Å². The Morgan fingerprint density at radius 3 is 2.89 bits per heavy atom. The predicted molar refractivity (Wildman–Crippen MR) is 66.6 cm³/mol. The van der Waals surface area contributed by atoms with E-state index in [1.165, 1.54) is 6.07 Å². The Balaban J connectivity index is 2.11. The lowest BCUT2D eigenvalue weighted by Crippen LogP contribution is -2.02. The fraction of sp³-hybridized carbons (Fsp3) is 0.167. The zero-order valence-corrected chi connectivity index (χ0v) is 11.0. The van der Waals surface area contributed by atoms with Gasteiger partial charge in [-0.05, 0) is 41.1 Å². The number of pyridine rings is 1. The fourth-order valence-electron chi connectivity index (χ4n) is 1.41. The minimum Gasteiger partial charge on any atom is -0.481 e. The molecule has 2 aromatic rings. The van der Waals surface area contributed by atoms with Crippen LogP contribution in [0.5, 0.6) is 5.75 Å². The highest BCUT2D eigenvalue weighted by molar-refractivity contribution is 9.10. The van der Waals surface area contributed by atoms with Crippen molar-refractivity contribution in [1.29, 1.82) is 0 Å². The zero-order valence-electron chi connectivity index (χ0n) is 9.46. The maximum Gasteiger partial charge on any atom is 0.371 e. The Morgan fingerprint density at radius 2 is 2.28 bits per heavy atom. The minimum absolute atomic E-state index is 0.104. The minimum atomic E-state index is -1.10. The molecule has 0 spiro atoms. The molecule has 1 atom stereocenters. The first-order valence-electron chi connectivity index (χ1n) is 5.16. The summed E-state index contributed by atoms with van der Waals surface area (Å²) < 4.78 is 11.6. The topological polar surface area (TPSA) is 72.6 Å². The van der Waals surface area contributed by atoms with E-state index in [0.717, 1.165) is 4.47 Å². The predicted octanol–water partition coefficient (Wildman–Crippen LogP) is 3.28. The molecule has 0 saturated carbocycles. The van der Waals surface area contributed by atoms with Crippen molar-refractivity contribution in [2.24, 2.45) is 0 Å². The van der Waals surface area contributed by atoms with E-state index in [0.29, 0.717) is 11.5 Å². The van der Waals surface area contributed by atoms with Gasteiger partial charge in [0, 0.05) is 10.7 Å². The van der Waals surface area contributed by atoms with Crippen molar-refractivity contribution in [3.63, 3.8) is 0 Å². The van der Waals surface area contributed by atoms with Crippen LogP contribution in [0.4, 0.5) is 0 Å². The smallest absolute Gasteiger partial charge is 0.371 e. The number of hydrogen-bond donors (Lipinski definition) is 1. The van der Waals surface area contributed by atoms with Crippen LogP contribution in [-0.2, 0) is 0 Å². The number of aromatic nitrogens is 1. The Kier molecular flexibility index (Phi) is 3.66. The summed E-state index contributed by atoms with van der Waals surface area (Å²) in [4.78, 5) is 14.7. The van der Waals surface area contributed by atoms with E-state index < -0.39 is 12.1 Å². The number of nitrogens with zero attached hydrogens (tertiary/aromatic N) is 1. The van der Waals surface area contributed by atoms with Gasteiger partial charge in [-0.15, -0.1) is 0 Å². The number of rotatable bonds is 4. The molecule has 0 saturated heterocycles. The van der Waals surface area contributed by atoms with Gasteiger partial charge in [0.2, 0.25) is 5.76 Å². The summed E-state index contributed by atoms with van der Waals surface area (Å²) in [6.45, 7) is 1.77. The van der Waals surface area contributed by atoms with E-state index in [9.17, 15) is 4.79 Å². The summed E-state index contributed by atoms with van der Waals surface area (Å²) in [6.07, 6.45) is 2.82. The first-order chi connectivity index (χ1) is 8.56. The van der Waals surface area contributed by atoms with Crippen LogP contribution in [0.1, 0.15) is 29.3 Å². The standard InChI is InChI=1S/C12H10BrNO4/c1-7(10-2-3-11(18-10)12(15)16)17-9-4-8(13)5-14-6-9/h2-7H,1H3,(H,15,16). The number of hydrogen-bond acceptors (Lipinski definition) is 4. The summed E-state index contributed by atoms with van der Waals surface area (Å²) in [5, 5.41) is 8.76. The van der Waals surface area contributed by atoms with Gasteiger partial charge in [-0.2, -0.15) is 0 Å². The van der Waals surface area contributed by atoms with Crippen LogP contribution in [0, 0.1) is 0 Å². The molecule has 0 radical (unpaired) electrons. The van der Waals surface area contributed by atoms with Crippen LogP contribution in [0.15, 0.2) is 39.5 Å². The molecule has 6 heteroatoms. The number of aromatic carboxylic acids is 1. The van der Waals surface area contributed by atoms with Gasteiger partial charge < -0.3 is 14.3 Å². The Hall–Kier alpha value is -1.82. The molecular weight excluding hydrogens is 302 g/mol.